The second-order valence-electron chi connectivity index (χ2n) is 6.47. The molecule has 1 fully saturated rings. The zero-order valence-corrected chi connectivity index (χ0v) is 13.1. The molecule has 0 radical (unpaired) electrons. The molecule has 1 saturated heterocycles. The van der Waals surface area contributed by atoms with Crippen LogP contribution < -0.4 is 0 Å². The van der Waals surface area contributed by atoms with Crippen molar-refractivity contribution in [1.29, 1.82) is 0 Å². The number of hydrogen-bond acceptors (Lipinski definition) is 1. The minimum atomic E-state index is 0.630. The molecular formula is C18H29N. The van der Waals surface area contributed by atoms with E-state index < -0.39 is 0 Å². The summed E-state index contributed by atoms with van der Waals surface area (Å²) in [6.45, 7) is 12.8. The van der Waals surface area contributed by atoms with Crippen molar-refractivity contribution < 1.29 is 0 Å². The van der Waals surface area contributed by atoms with Crippen LogP contribution in [-0.2, 0) is 6.54 Å². The van der Waals surface area contributed by atoms with Crippen LogP contribution in [0.3, 0.4) is 0 Å². The van der Waals surface area contributed by atoms with Gasteiger partial charge in [0.1, 0.15) is 0 Å². The Kier molecular flexibility index (Phi) is 5.04. The fraction of sp³-hybridized carbons (Fsp3) is 0.667. The zero-order chi connectivity index (χ0) is 13.8. The van der Waals surface area contributed by atoms with Gasteiger partial charge in [0, 0.05) is 6.54 Å². The third-order valence-corrected chi connectivity index (χ3v) is 4.72. The highest BCUT2D eigenvalue weighted by Crippen LogP contribution is 2.24. The van der Waals surface area contributed by atoms with Crippen LogP contribution in [0.25, 0.3) is 0 Å². The number of benzene rings is 1. The van der Waals surface area contributed by atoms with Gasteiger partial charge in [-0.1, -0.05) is 45.4 Å². The highest BCUT2D eigenvalue weighted by molar-refractivity contribution is 5.32. The number of hydrogen-bond donors (Lipinski definition) is 0. The lowest BCUT2D eigenvalue weighted by molar-refractivity contribution is 0.174. The second kappa shape index (κ2) is 6.56. The topological polar surface area (TPSA) is 3.24 Å². The first-order valence-corrected chi connectivity index (χ1v) is 7.92. The van der Waals surface area contributed by atoms with Crippen molar-refractivity contribution in [2.45, 2.75) is 59.4 Å². The number of likely N-dealkylation sites (tertiary alicyclic amines) is 1. The molecule has 1 aliphatic heterocycles. The van der Waals surface area contributed by atoms with E-state index in [1.807, 2.05) is 0 Å². The maximum atomic E-state index is 2.64. The molecule has 1 aliphatic rings. The van der Waals surface area contributed by atoms with Crippen LogP contribution in [0.5, 0.6) is 0 Å². The van der Waals surface area contributed by atoms with E-state index in [1.165, 1.54) is 49.0 Å². The predicted octanol–water partition coefficient (Wildman–Crippen LogP) is 4.74. The fourth-order valence-corrected chi connectivity index (χ4v) is 3.01. The van der Waals surface area contributed by atoms with Crippen molar-refractivity contribution in [3.8, 4) is 0 Å². The summed E-state index contributed by atoms with van der Waals surface area (Å²) in [7, 11) is 0. The molecule has 19 heavy (non-hydrogen) atoms. The van der Waals surface area contributed by atoms with Gasteiger partial charge in [-0.25, -0.2) is 0 Å². The SMILES string of the molecule is CCC1CCN(Cc2cc(C(C)C)ccc2C)CC1. The standard InChI is InChI=1S/C18H29N/c1-5-16-8-10-19(11-9-16)13-18-12-17(14(2)3)7-6-15(18)4/h6-7,12,14,16H,5,8-11,13H2,1-4H3. The summed E-state index contributed by atoms with van der Waals surface area (Å²) < 4.78 is 0. The number of rotatable bonds is 4. The summed E-state index contributed by atoms with van der Waals surface area (Å²) in [5.41, 5.74) is 4.45. The van der Waals surface area contributed by atoms with Crippen LogP contribution in [0, 0.1) is 12.8 Å². The average Bonchev–Trinajstić information content (AvgIpc) is 2.42. The van der Waals surface area contributed by atoms with Crippen LogP contribution >= 0.6 is 0 Å². The molecule has 1 aromatic carbocycles. The van der Waals surface area contributed by atoms with Crippen LogP contribution in [0.4, 0.5) is 0 Å². The normalized spacial score (nSPS) is 18.2. The molecular weight excluding hydrogens is 230 g/mol. The molecule has 106 valence electrons. The lowest BCUT2D eigenvalue weighted by Crippen LogP contribution is -2.33. The highest BCUT2D eigenvalue weighted by Gasteiger charge is 2.18. The van der Waals surface area contributed by atoms with Crippen molar-refractivity contribution >= 4 is 0 Å². The van der Waals surface area contributed by atoms with Crippen LogP contribution in [0.2, 0.25) is 0 Å². The van der Waals surface area contributed by atoms with Gasteiger partial charge in [-0.3, -0.25) is 4.90 Å². The maximum Gasteiger partial charge on any atom is 0.0236 e. The van der Waals surface area contributed by atoms with Crippen LogP contribution in [0.1, 0.15) is 62.6 Å². The van der Waals surface area contributed by atoms with E-state index in [1.54, 1.807) is 0 Å². The monoisotopic (exact) mass is 259 g/mol. The minimum Gasteiger partial charge on any atom is -0.299 e. The number of piperidine rings is 1. The summed E-state index contributed by atoms with van der Waals surface area (Å²) in [6, 6.07) is 7.00. The van der Waals surface area contributed by atoms with Crippen LogP contribution in [-0.4, -0.2) is 18.0 Å². The Labute approximate surface area is 119 Å². The molecule has 1 heteroatoms. The first-order chi connectivity index (χ1) is 9.10. The molecule has 0 bridgehead atoms. The minimum absolute atomic E-state index is 0.630. The molecule has 0 unspecified atom stereocenters. The Morgan fingerprint density at radius 1 is 1.21 bits per heavy atom. The van der Waals surface area contributed by atoms with Gasteiger partial charge in [0.25, 0.3) is 0 Å². The van der Waals surface area contributed by atoms with E-state index in [0.717, 1.165) is 12.5 Å². The third kappa shape index (κ3) is 3.82. The molecule has 1 nitrogen and oxygen atoms in total. The van der Waals surface area contributed by atoms with E-state index in [9.17, 15) is 0 Å². The van der Waals surface area contributed by atoms with Gasteiger partial charge < -0.3 is 0 Å². The smallest absolute Gasteiger partial charge is 0.0236 e. The van der Waals surface area contributed by atoms with Crippen LogP contribution in [0.15, 0.2) is 18.2 Å². The molecule has 0 amide bonds. The summed E-state index contributed by atoms with van der Waals surface area (Å²) >= 11 is 0. The molecule has 0 aromatic heterocycles. The van der Waals surface area contributed by atoms with Gasteiger partial charge in [-0.05, 0) is 61.4 Å². The van der Waals surface area contributed by atoms with Gasteiger partial charge in [0.15, 0.2) is 0 Å². The highest BCUT2D eigenvalue weighted by atomic mass is 15.1. The van der Waals surface area contributed by atoms with E-state index in [-0.39, 0.29) is 0 Å². The van der Waals surface area contributed by atoms with E-state index >= 15 is 0 Å². The van der Waals surface area contributed by atoms with Gasteiger partial charge in [0.2, 0.25) is 0 Å². The first kappa shape index (κ1) is 14.6. The summed E-state index contributed by atoms with van der Waals surface area (Å²) in [5.74, 6) is 1.60. The van der Waals surface area contributed by atoms with Crippen molar-refractivity contribution in [3.05, 3.63) is 34.9 Å². The van der Waals surface area contributed by atoms with E-state index in [2.05, 4.69) is 50.8 Å². The van der Waals surface area contributed by atoms with Gasteiger partial charge in [0.05, 0.1) is 0 Å². The van der Waals surface area contributed by atoms with Crippen molar-refractivity contribution in [2.24, 2.45) is 5.92 Å². The maximum absolute atomic E-state index is 2.64. The van der Waals surface area contributed by atoms with Gasteiger partial charge in [-0.15, -0.1) is 0 Å². The largest absolute Gasteiger partial charge is 0.299 e. The Balaban J connectivity index is 2.01. The Morgan fingerprint density at radius 3 is 2.47 bits per heavy atom. The van der Waals surface area contributed by atoms with Crippen molar-refractivity contribution in [3.63, 3.8) is 0 Å². The molecule has 0 aliphatic carbocycles. The molecule has 1 heterocycles. The fourth-order valence-electron chi connectivity index (χ4n) is 3.01. The second-order valence-corrected chi connectivity index (χ2v) is 6.47. The lowest BCUT2D eigenvalue weighted by atomic mass is 9.93. The Bertz CT molecular complexity index is 400. The van der Waals surface area contributed by atoms with Gasteiger partial charge >= 0.3 is 0 Å². The zero-order valence-electron chi connectivity index (χ0n) is 13.1. The van der Waals surface area contributed by atoms with E-state index in [4.69, 9.17) is 0 Å². The number of aryl methyl sites for hydroxylation is 1. The molecule has 2 rings (SSSR count). The molecule has 0 N–H and O–H groups in total. The van der Waals surface area contributed by atoms with E-state index in [0.29, 0.717) is 5.92 Å². The van der Waals surface area contributed by atoms with Gasteiger partial charge in [-0.2, -0.15) is 0 Å². The molecule has 0 saturated carbocycles. The lowest BCUT2D eigenvalue weighted by Gasteiger charge is -2.32. The molecule has 0 spiro atoms. The van der Waals surface area contributed by atoms with Crippen molar-refractivity contribution in [1.82, 2.24) is 4.90 Å². The summed E-state index contributed by atoms with van der Waals surface area (Å²) in [5, 5.41) is 0. The summed E-state index contributed by atoms with van der Waals surface area (Å²) in [4.78, 5) is 2.64. The Hall–Kier alpha value is -0.820. The molecule has 0 atom stereocenters. The predicted molar refractivity (Wildman–Crippen MR) is 83.6 cm³/mol. The third-order valence-electron chi connectivity index (χ3n) is 4.72. The van der Waals surface area contributed by atoms with Crippen molar-refractivity contribution in [2.75, 3.05) is 13.1 Å². The quantitative estimate of drug-likeness (QED) is 0.755. The number of nitrogens with zero attached hydrogens (tertiary/aromatic N) is 1. The Morgan fingerprint density at radius 2 is 1.89 bits per heavy atom. The molecule has 1 aromatic rings. The summed E-state index contributed by atoms with van der Waals surface area (Å²) in [6.07, 6.45) is 4.13. The first-order valence-electron chi connectivity index (χ1n) is 7.92. The average molecular weight is 259 g/mol.